The van der Waals surface area contributed by atoms with Crippen molar-refractivity contribution >= 4 is 15.7 Å². The van der Waals surface area contributed by atoms with Gasteiger partial charge < -0.3 is 9.64 Å². The van der Waals surface area contributed by atoms with Gasteiger partial charge in [0, 0.05) is 26.6 Å². The molecule has 1 heterocycles. The first-order chi connectivity index (χ1) is 12.5. The van der Waals surface area contributed by atoms with Crippen LogP contribution < -0.4 is 0 Å². The molecule has 0 saturated carbocycles. The van der Waals surface area contributed by atoms with Crippen LogP contribution in [-0.4, -0.2) is 46.0 Å². The van der Waals surface area contributed by atoms with Gasteiger partial charge in [-0.2, -0.15) is 0 Å². The number of hydrogen-bond acceptors (Lipinski definition) is 4. The maximum atomic E-state index is 12.6. The number of likely N-dealkylation sites (tertiary alicyclic amines) is 1. The van der Waals surface area contributed by atoms with Crippen LogP contribution in [0.2, 0.25) is 0 Å². The van der Waals surface area contributed by atoms with Gasteiger partial charge in [0.05, 0.1) is 16.4 Å². The Bertz CT molecular complexity index is 847. The van der Waals surface area contributed by atoms with Gasteiger partial charge in [-0.05, 0) is 42.2 Å². The van der Waals surface area contributed by atoms with Crippen molar-refractivity contribution in [3.8, 4) is 0 Å². The second-order valence-corrected chi connectivity index (χ2v) is 8.52. The summed E-state index contributed by atoms with van der Waals surface area (Å²) in [5, 5.41) is 0. The first-order valence-corrected chi connectivity index (χ1v) is 10.1. The predicted octanol–water partition coefficient (Wildman–Crippen LogP) is 2.56. The van der Waals surface area contributed by atoms with Gasteiger partial charge >= 0.3 is 0 Å². The molecule has 5 nitrogen and oxygen atoms in total. The maximum Gasteiger partial charge on any atom is 0.223 e. The zero-order chi connectivity index (χ0) is 18.6. The summed E-state index contributed by atoms with van der Waals surface area (Å²) in [6, 6.07) is 15.4. The van der Waals surface area contributed by atoms with Crippen molar-refractivity contribution in [1.29, 1.82) is 0 Å². The molecule has 138 valence electrons. The second kappa shape index (κ2) is 8.01. The number of hydrogen-bond donors (Lipinski definition) is 0. The fourth-order valence-corrected chi connectivity index (χ4v) is 4.56. The Kier molecular flexibility index (Phi) is 5.74. The number of amides is 1. The Labute approximate surface area is 154 Å². The number of sulfone groups is 1. The number of methoxy groups -OCH3 is 1. The molecule has 2 aromatic rings. The third-order valence-corrected chi connectivity index (χ3v) is 6.46. The van der Waals surface area contributed by atoms with Gasteiger partial charge in [-0.1, -0.05) is 30.3 Å². The fraction of sp³-hybridized carbons (Fsp3) is 0.350. The molecule has 3 rings (SSSR count). The molecule has 1 atom stereocenters. The minimum atomic E-state index is -3.49. The molecule has 1 amide bonds. The number of carbonyl (C=O) groups excluding carboxylic acids is 1. The molecule has 0 aliphatic carbocycles. The quantitative estimate of drug-likeness (QED) is 0.748. The van der Waals surface area contributed by atoms with Crippen molar-refractivity contribution in [2.24, 2.45) is 5.92 Å². The van der Waals surface area contributed by atoms with Gasteiger partial charge in [0.25, 0.3) is 0 Å². The highest BCUT2D eigenvalue weighted by atomic mass is 32.2. The molecule has 6 heteroatoms. The zero-order valence-corrected chi connectivity index (χ0v) is 15.6. The van der Waals surface area contributed by atoms with E-state index in [-0.39, 0.29) is 16.7 Å². The van der Waals surface area contributed by atoms with Crippen molar-refractivity contribution in [2.75, 3.05) is 26.8 Å². The zero-order valence-electron chi connectivity index (χ0n) is 14.8. The minimum absolute atomic E-state index is 0.162. The van der Waals surface area contributed by atoms with E-state index < -0.39 is 9.84 Å². The highest BCUT2D eigenvalue weighted by Gasteiger charge is 2.29. The fourth-order valence-electron chi connectivity index (χ4n) is 3.28. The monoisotopic (exact) mass is 373 g/mol. The summed E-state index contributed by atoms with van der Waals surface area (Å²) in [5.41, 5.74) is 1.04. The largest absolute Gasteiger partial charge is 0.383 e. The van der Waals surface area contributed by atoms with Gasteiger partial charge in [-0.25, -0.2) is 8.42 Å². The van der Waals surface area contributed by atoms with Crippen LogP contribution in [-0.2, 0) is 25.8 Å². The molecule has 1 aliphatic rings. The van der Waals surface area contributed by atoms with E-state index in [1.165, 1.54) is 0 Å². The summed E-state index contributed by atoms with van der Waals surface area (Å²) >= 11 is 0. The topological polar surface area (TPSA) is 63.7 Å². The molecule has 1 aliphatic heterocycles. The standard InChI is InChI=1S/C20H23NO4S/c1-25-12-11-21-15-17(14-20(21)22)13-16-7-9-19(10-8-16)26(23,24)18-5-3-2-4-6-18/h2-10,17H,11-15H2,1H3. The summed E-state index contributed by atoms with van der Waals surface area (Å²) in [6.07, 6.45) is 1.30. The third kappa shape index (κ3) is 4.14. The Morgan fingerprint density at radius 1 is 1.04 bits per heavy atom. The van der Waals surface area contributed by atoms with Crippen molar-refractivity contribution in [3.63, 3.8) is 0 Å². The summed E-state index contributed by atoms with van der Waals surface area (Å²) < 4.78 is 30.3. The van der Waals surface area contributed by atoms with Crippen LogP contribution in [0.1, 0.15) is 12.0 Å². The lowest BCUT2D eigenvalue weighted by atomic mass is 9.99. The first-order valence-electron chi connectivity index (χ1n) is 8.66. The second-order valence-electron chi connectivity index (χ2n) is 6.57. The first kappa shape index (κ1) is 18.6. The molecule has 1 fully saturated rings. The van der Waals surface area contributed by atoms with E-state index in [1.54, 1.807) is 49.6 Å². The van der Waals surface area contributed by atoms with Crippen molar-refractivity contribution < 1.29 is 17.9 Å². The Balaban J connectivity index is 1.66. The normalized spacial score (nSPS) is 17.7. The number of nitrogens with zero attached hydrogens (tertiary/aromatic N) is 1. The average molecular weight is 373 g/mol. The number of carbonyl (C=O) groups is 1. The Hall–Kier alpha value is -2.18. The molecule has 0 aromatic heterocycles. The SMILES string of the molecule is COCCN1CC(Cc2ccc(S(=O)(=O)c3ccccc3)cc2)CC1=O. The molecule has 0 N–H and O–H groups in total. The van der Waals surface area contributed by atoms with Crippen LogP contribution >= 0.6 is 0 Å². The van der Waals surface area contributed by atoms with Gasteiger partial charge in [-0.15, -0.1) is 0 Å². The highest BCUT2D eigenvalue weighted by Crippen LogP contribution is 2.24. The molecule has 1 unspecified atom stereocenters. The molecular formula is C20H23NO4S. The van der Waals surface area contributed by atoms with Crippen LogP contribution in [0, 0.1) is 5.92 Å². The molecular weight excluding hydrogens is 350 g/mol. The molecule has 26 heavy (non-hydrogen) atoms. The number of rotatable bonds is 7. The van der Waals surface area contributed by atoms with Gasteiger partial charge in [0.15, 0.2) is 0 Å². The lowest BCUT2D eigenvalue weighted by Gasteiger charge is -2.16. The molecule has 0 bridgehead atoms. The van der Waals surface area contributed by atoms with Crippen LogP contribution in [0.4, 0.5) is 0 Å². The lowest BCUT2D eigenvalue weighted by Crippen LogP contribution is -2.28. The van der Waals surface area contributed by atoms with Gasteiger partial charge in [0.1, 0.15) is 0 Å². The van der Waals surface area contributed by atoms with Crippen molar-refractivity contribution in [2.45, 2.75) is 22.6 Å². The van der Waals surface area contributed by atoms with E-state index >= 15 is 0 Å². The van der Waals surface area contributed by atoms with Crippen LogP contribution in [0.25, 0.3) is 0 Å². The highest BCUT2D eigenvalue weighted by molar-refractivity contribution is 7.91. The van der Waals surface area contributed by atoms with Crippen LogP contribution in [0.15, 0.2) is 64.4 Å². The van der Waals surface area contributed by atoms with E-state index in [1.807, 2.05) is 17.0 Å². The Morgan fingerprint density at radius 3 is 2.35 bits per heavy atom. The molecule has 1 saturated heterocycles. The van der Waals surface area contributed by atoms with Gasteiger partial charge in [0.2, 0.25) is 15.7 Å². The molecule has 0 spiro atoms. The van der Waals surface area contributed by atoms with Crippen LogP contribution in [0.5, 0.6) is 0 Å². The van der Waals surface area contributed by atoms with E-state index in [0.29, 0.717) is 24.5 Å². The number of benzene rings is 2. The maximum absolute atomic E-state index is 12.6. The summed E-state index contributed by atoms with van der Waals surface area (Å²) in [6.45, 7) is 1.90. The third-order valence-electron chi connectivity index (χ3n) is 4.67. The van der Waals surface area contributed by atoms with E-state index in [9.17, 15) is 13.2 Å². The van der Waals surface area contributed by atoms with E-state index in [2.05, 4.69) is 0 Å². The summed E-state index contributed by atoms with van der Waals surface area (Å²) in [5.74, 6) is 0.422. The summed E-state index contributed by atoms with van der Waals surface area (Å²) in [7, 11) is -1.86. The molecule has 0 radical (unpaired) electrons. The molecule has 2 aromatic carbocycles. The van der Waals surface area contributed by atoms with E-state index in [4.69, 9.17) is 4.74 Å². The smallest absolute Gasteiger partial charge is 0.223 e. The van der Waals surface area contributed by atoms with Crippen molar-refractivity contribution in [3.05, 3.63) is 60.2 Å². The Morgan fingerprint density at radius 2 is 1.69 bits per heavy atom. The summed E-state index contributed by atoms with van der Waals surface area (Å²) in [4.78, 5) is 14.4. The van der Waals surface area contributed by atoms with Crippen LogP contribution in [0.3, 0.4) is 0 Å². The lowest BCUT2D eigenvalue weighted by molar-refractivity contribution is -0.128. The van der Waals surface area contributed by atoms with E-state index in [0.717, 1.165) is 18.5 Å². The predicted molar refractivity (Wildman–Crippen MR) is 98.6 cm³/mol. The average Bonchev–Trinajstić information content (AvgIpc) is 3.00. The van der Waals surface area contributed by atoms with Gasteiger partial charge in [-0.3, -0.25) is 4.79 Å². The minimum Gasteiger partial charge on any atom is -0.383 e. The number of ether oxygens (including phenoxy) is 1. The van der Waals surface area contributed by atoms with Crippen molar-refractivity contribution in [1.82, 2.24) is 4.90 Å².